The van der Waals surface area contributed by atoms with Crippen LogP contribution in [0.25, 0.3) is 11.4 Å². The van der Waals surface area contributed by atoms with Gasteiger partial charge >= 0.3 is 5.91 Å². The summed E-state index contributed by atoms with van der Waals surface area (Å²) in [5, 5.41) is 20.5. The van der Waals surface area contributed by atoms with Crippen LogP contribution in [0.3, 0.4) is 0 Å². The minimum absolute atomic E-state index is 0.128. The number of pyridine rings is 1. The highest BCUT2D eigenvalue weighted by molar-refractivity contribution is 8.00. The minimum atomic E-state index is -1.07. The number of Topliss-reactive ketones (excluding diaryl/α,β-unsaturated/α-hetero) is 1. The molecule has 0 saturated carbocycles. The first-order valence-corrected chi connectivity index (χ1v) is 16.4. The highest BCUT2D eigenvalue weighted by Crippen LogP contribution is 2.46. The molecule has 1 N–H and O–H groups in total. The second-order valence-corrected chi connectivity index (χ2v) is 12.6. The quantitative estimate of drug-likeness (QED) is 0.0577. The van der Waals surface area contributed by atoms with Crippen LogP contribution in [0.1, 0.15) is 48.0 Å². The summed E-state index contributed by atoms with van der Waals surface area (Å²) in [5.41, 5.74) is 3.57. The van der Waals surface area contributed by atoms with Gasteiger partial charge in [-0.1, -0.05) is 47.4 Å². The summed E-state index contributed by atoms with van der Waals surface area (Å²) in [6, 6.07) is 14.0. The molecule has 6 rings (SSSR count). The van der Waals surface area contributed by atoms with Crippen LogP contribution in [0.15, 0.2) is 70.7 Å². The summed E-state index contributed by atoms with van der Waals surface area (Å²) in [5.74, 6) is -1.01. The molecule has 10 nitrogen and oxygen atoms in total. The lowest BCUT2D eigenvalue weighted by Gasteiger charge is -2.23. The number of benzene rings is 2. The number of nitrogens with zero attached hydrogens (tertiary/aromatic N) is 5. The summed E-state index contributed by atoms with van der Waals surface area (Å²) in [4.78, 5) is 33.5. The minimum Gasteiger partial charge on any atom is -0.505 e. The Morgan fingerprint density at radius 3 is 2.48 bits per heavy atom. The molecule has 46 heavy (non-hydrogen) atoms. The number of aliphatic hydroxyl groups excluding tert-OH is 1. The number of halogens is 1. The van der Waals surface area contributed by atoms with Gasteiger partial charge in [-0.3, -0.25) is 14.5 Å². The number of ketones is 1. The number of hydrogen-bond acceptors (Lipinski definition) is 10. The van der Waals surface area contributed by atoms with E-state index in [0.717, 1.165) is 22.5 Å². The number of aromatic nitrogens is 4. The van der Waals surface area contributed by atoms with Crippen molar-refractivity contribution in [1.29, 1.82) is 0 Å². The number of hydrogen-bond donors (Lipinski definition) is 1. The van der Waals surface area contributed by atoms with Gasteiger partial charge in [-0.25, -0.2) is 9.37 Å². The van der Waals surface area contributed by atoms with Crippen molar-refractivity contribution in [2.75, 3.05) is 18.1 Å². The van der Waals surface area contributed by atoms with E-state index < -0.39 is 23.5 Å². The molecule has 0 radical (unpaired) electrons. The van der Waals surface area contributed by atoms with Crippen molar-refractivity contribution >= 4 is 51.3 Å². The van der Waals surface area contributed by atoms with Crippen molar-refractivity contribution in [2.24, 2.45) is 0 Å². The van der Waals surface area contributed by atoms with E-state index in [1.165, 1.54) is 28.8 Å². The summed E-state index contributed by atoms with van der Waals surface area (Å²) in [6.45, 7) is 8.16. The molecule has 236 valence electrons. The SMILES string of the molecule is CCOc1ccc(C2C(=C(O)c3nc4c(C)cccn4c3C)C(=O)C(=O)N2c2nnc(SCc3ccc(F)cc3)s2)cc1OCC. The van der Waals surface area contributed by atoms with Crippen molar-refractivity contribution in [1.82, 2.24) is 19.6 Å². The molecule has 1 saturated heterocycles. The molecule has 0 bridgehead atoms. The van der Waals surface area contributed by atoms with Crippen LogP contribution in [-0.2, 0) is 15.3 Å². The molecule has 2 aromatic carbocycles. The maximum absolute atomic E-state index is 13.8. The predicted octanol–water partition coefficient (Wildman–Crippen LogP) is 6.66. The van der Waals surface area contributed by atoms with Gasteiger partial charge in [-0.2, -0.15) is 0 Å². The smallest absolute Gasteiger partial charge is 0.301 e. The molecule has 1 amide bonds. The Morgan fingerprint density at radius 1 is 1.02 bits per heavy atom. The predicted molar refractivity (Wildman–Crippen MR) is 174 cm³/mol. The Morgan fingerprint density at radius 2 is 1.76 bits per heavy atom. The monoisotopic (exact) mass is 659 g/mol. The molecule has 1 aliphatic rings. The van der Waals surface area contributed by atoms with Gasteiger partial charge < -0.3 is 19.0 Å². The number of fused-ring (bicyclic) bond motifs is 1. The first-order valence-electron chi connectivity index (χ1n) is 14.6. The van der Waals surface area contributed by atoms with Crippen LogP contribution in [-0.4, -0.2) is 49.6 Å². The first-order chi connectivity index (χ1) is 22.2. The normalized spacial score (nSPS) is 16.0. The van der Waals surface area contributed by atoms with Crippen molar-refractivity contribution in [2.45, 2.75) is 43.8 Å². The number of thioether (sulfide) groups is 1. The average molecular weight is 660 g/mol. The third kappa shape index (κ3) is 5.71. The van der Waals surface area contributed by atoms with Gasteiger partial charge in [0.2, 0.25) is 5.13 Å². The number of amides is 1. The zero-order valence-electron chi connectivity index (χ0n) is 25.5. The molecule has 1 atom stereocenters. The van der Waals surface area contributed by atoms with Gasteiger partial charge in [0.15, 0.2) is 21.6 Å². The highest BCUT2D eigenvalue weighted by atomic mass is 32.2. The van der Waals surface area contributed by atoms with E-state index in [2.05, 4.69) is 15.2 Å². The number of ether oxygens (including phenoxy) is 2. The first kappa shape index (κ1) is 31.2. The van der Waals surface area contributed by atoms with Crippen molar-refractivity contribution in [3.63, 3.8) is 0 Å². The van der Waals surface area contributed by atoms with E-state index in [1.54, 1.807) is 37.3 Å². The van der Waals surface area contributed by atoms with Crippen LogP contribution in [0.4, 0.5) is 9.52 Å². The third-order valence-electron chi connectivity index (χ3n) is 7.51. The fourth-order valence-electron chi connectivity index (χ4n) is 5.34. The molecular weight excluding hydrogens is 630 g/mol. The Kier molecular flexibility index (Phi) is 8.78. The van der Waals surface area contributed by atoms with Crippen LogP contribution in [0, 0.1) is 19.7 Å². The van der Waals surface area contributed by atoms with Crippen LogP contribution in [0.5, 0.6) is 11.5 Å². The summed E-state index contributed by atoms with van der Waals surface area (Å²) >= 11 is 2.51. The van der Waals surface area contributed by atoms with E-state index in [4.69, 9.17) is 9.47 Å². The number of carbonyl (C=O) groups is 2. The molecule has 0 aliphatic carbocycles. The summed E-state index contributed by atoms with van der Waals surface area (Å²) in [6.07, 6.45) is 1.82. The van der Waals surface area contributed by atoms with E-state index in [-0.39, 0.29) is 22.2 Å². The van der Waals surface area contributed by atoms with Crippen molar-refractivity contribution in [3.8, 4) is 11.5 Å². The molecule has 1 fully saturated rings. The van der Waals surface area contributed by atoms with E-state index in [1.807, 2.05) is 43.5 Å². The number of imidazole rings is 1. The lowest BCUT2D eigenvalue weighted by molar-refractivity contribution is -0.132. The van der Waals surface area contributed by atoms with Crippen LogP contribution < -0.4 is 14.4 Å². The number of aryl methyl sites for hydroxylation is 2. The van der Waals surface area contributed by atoms with Crippen molar-refractivity contribution in [3.05, 3.63) is 100 Å². The Bertz CT molecular complexity index is 1990. The Labute approximate surface area is 272 Å². The van der Waals surface area contributed by atoms with Gasteiger partial charge in [-0.05, 0) is 74.7 Å². The van der Waals surface area contributed by atoms with Crippen LogP contribution in [0.2, 0.25) is 0 Å². The molecule has 3 aromatic heterocycles. The lowest BCUT2D eigenvalue weighted by atomic mass is 9.96. The topological polar surface area (TPSA) is 119 Å². The van der Waals surface area contributed by atoms with Gasteiger partial charge in [0.05, 0.1) is 30.5 Å². The second kappa shape index (κ2) is 12.9. The molecule has 13 heteroatoms. The van der Waals surface area contributed by atoms with Gasteiger partial charge in [0.25, 0.3) is 5.78 Å². The van der Waals surface area contributed by atoms with Gasteiger partial charge in [0.1, 0.15) is 17.2 Å². The molecule has 4 heterocycles. The molecule has 0 spiro atoms. The number of anilines is 1. The lowest BCUT2D eigenvalue weighted by Crippen LogP contribution is -2.29. The van der Waals surface area contributed by atoms with E-state index in [9.17, 15) is 19.1 Å². The van der Waals surface area contributed by atoms with Gasteiger partial charge in [0, 0.05) is 11.9 Å². The fourth-order valence-corrected chi connectivity index (χ4v) is 7.16. The molecular formula is C33H30FN5O5S2. The number of carbonyl (C=O) groups excluding carboxylic acids is 2. The molecule has 1 aliphatic heterocycles. The largest absolute Gasteiger partial charge is 0.505 e. The third-order valence-corrected chi connectivity index (χ3v) is 9.64. The summed E-state index contributed by atoms with van der Waals surface area (Å²) in [7, 11) is 0. The second-order valence-electron chi connectivity index (χ2n) is 10.4. The van der Waals surface area contributed by atoms with Crippen LogP contribution >= 0.6 is 23.1 Å². The van der Waals surface area contributed by atoms with Gasteiger partial charge in [-0.15, -0.1) is 10.2 Å². The van der Waals surface area contributed by atoms with E-state index >= 15 is 0 Å². The van der Waals surface area contributed by atoms with E-state index in [0.29, 0.717) is 51.7 Å². The number of aliphatic hydroxyl groups is 1. The zero-order valence-corrected chi connectivity index (χ0v) is 27.1. The Hall–Kier alpha value is -4.75. The fraction of sp³-hybridized carbons (Fsp3) is 0.242. The Balaban J connectivity index is 1.47. The molecule has 1 unspecified atom stereocenters. The zero-order chi connectivity index (χ0) is 32.5. The maximum Gasteiger partial charge on any atom is 0.301 e. The highest BCUT2D eigenvalue weighted by Gasteiger charge is 2.49. The summed E-state index contributed by atoms with van der Waals surface area (Å²) < 4.78 is 27.3. The molecule has 5 aromatic rings. The van der Waals surface area contributed by atoms with Crippen molar-refractivity contribution < 1.29 is 28.6 Å². The number of rotatable bonds is 10. The standard InChI is InChI=1S/C33H30FN5O5S2/c1-5-43-23-14-11-21(16-24(23)44-6-2)27-25(28(40)26-19(4)38-15-7-8-18(3)30(38)35-26)29(41)31(42)39(27)32-36-37-33(46-32)45-17-20-9-12-22(34)13-10-20/h7-16,27,40H,5-6,17H2,1-4H3. The maximum atomic E-state index is 13.8. The average Bonchev–Trinajstić information content (AvgIpc) is 3.73.